The first-order valence-corrected chi connectivity index (χ1v) is 7.26. The molecule has 0 radical (unpaired) electrons. The first-order chi connectivity index (χ1) is 10.3. The van der Waals surface area contributed by atoms with E-state index in [1.54, 1.807) is 0 Å². The summed E-state index contributed by atoms with van der Waals surface area (Å²) in [5.41, 5.74) is 5.29. The molecule has 104 valence electrons. The largest absolute Gasteiger partial charge is 0.507 e. The zero-order chi connectivity index (χ0) is 14.7. The predicted octanol–water partition coefficient (Wildman–Crippen LogP) is 5.29. The summed E-state index contributed by atoms with van der Waals surface area (Å²) >= 11 is 0. The molecule has 1 nitrogen and oxygen atoms in total. The second kappa shape index (κ2) is 5.84. The number of benzene rings is 3. The van der Waals surface area contributed by atoms with Crippen molar-refractivity contribution >= 4 is 0 Å². The maximum absolute atomic E-state index is 10.5. The van der Waals surface area contributed by atoms with Crippen LogP contribution in [0.2, 0.25) is 0 Å². The summed E-state index contributed by atoms with van der Waals surface area (Å²) in [6.45, 7) is 2.10. The molecule has 21 heavy (non-hydrogen) atoms. The molecular weight excluding hydrogens is 256 g/mol. The van der Waals surface area contributed by atoms with Gasteiger partial charge >= 0.3 is 0 Å². The summed E-state index contributed by atoms with van der Waals surface area (Å²) in [7, 11) is 0. The molecule has 0 heterocycles. The lowest BCUT2D eigenvalue weighted by Crippen LogP contribution is -1.90. The molecular formula is C20H18O. The maximum atomic E-state index is 10.5. The average Bonchev–Trinajstić information content (AvgIpc) is 2.55. The van der Waals surface area contributed by atoms with Crippen molar-refractivity contribution in [1.82, 2.24) is 0 Å². The van der Waals surface area contributed by atoms with Gasteiger partial charge < -0.3 is 5.11 Å². The highest BCUT2D eigenvalue weighted by Gasteiger charge is 2.13. The minimum Gasteiger partial charge on any atom is -0.507 e. The number of aromatic hydroxyl groups is 1. The highest BCUT2D eigenvalue weighted by molar-refractivity contribution is 5.88. The zero-order valence-corrected chi connectivity index (χ0v) is 12.1. The molecule has 0 spiro atoms. The van der Waals surface area contributed by atoms with Crippen molar-refractivity contribution < 1.29 is 5.11 Å². The Hall–Kier alpha value is -2.54. The van der Waals surface area contributed by atoms with Crippen LogP contribution < -0.4 is 0 Å². The lowest BCUT2D eigenvalue weighted by Gasteiger charge is -2.14. The van der Waals surface area contributed by atoms with Gasteiger partial charge in [-0.3, -0.25) is 0 Å². The van der Waals surface area contributed by atoms with Crippen LogP contribution in [-0.4, -0.2) is 5.11 Å². The Morgan fingerprint density at radius 1 is 0.762 bits per heavy atom. The van der Waals surface area contributed by atoms with Crippen molar-refractivity contribution in [2.75, 3.05) is 0 Å². The van der Waals surface area contributed by atoms with E-state index in [1.165, 1.54) is 0 Å². The molecule has 0 aliphatic carbocycles. The van der Waals surface area contributed by atoms with Crippen molar-refractivity contribution in [2.45, 2.75) is 13.3 Å². The Bertz CT molecular complexity index is 731. The van der Waals surface area contributed by atoms with Gasteiger partial charge in [0.15, 0.2) is 0 Å². The summed E-state index contributed by atoms with van der Waals surface area (Å²) in [5, 5.41) is 10.5. The average molecular weight is 274 g/mol. The van der Waals surface area contributed by atoms with E-state index in [4.69, 9.17) is 0 Å². The standard InChI is InChI=1S/C20H18O/c1-2-15-13-18(16-9-5-3-6-10-16)20(19(21)14-15)17-11-7-4-8-12-17/h3-14,21H,2H2,1H3. The SMILES string of the molecule is CCc1cc(O)c(-c2ccccc2)c(-c2ccccc2)c1. The fourth-order valence-corrected chi connectivity index (χ4v) is 2.64. The normalized spacial score (nSPS) is 10.5. The smallest absolute Gasteiger partial charge is 0.124 e. The quantitative estimate of drug-likeness (QED) is 0.688. The Balaban J connectivity index is 2.28. The third kappa shape index (κ3) is 2.68. The number of rotatable bonds is 3. The Morgan fingerprint density at radius 3 is 1.90 bits per heavy atom. The number of phenols is 1. The van der Waals surface area contributed by atoms with E-state index in [1.807, 2.05) is 54.6 Å². The van der Waals surface area contributed by atoms with Crippen LogP contribution in [0, 0.1) is 0 Å². The number of hydrogen-bond donors (Lipinski definition) is 1. The van der Waals surface area contributed by atoms with Crippen LogP contribution in [0.4, 0.5) is 0 Å². The maximum Gasteiger partial charge on any atom is 0.124 e. The van der Waals surface area contributed by atoms with Crippen molar-refractivity contribution in [2.24, 2.45) is 0 Å². The minimum atomic E-state index is 0.347. The fraction of sp³-hybridized carbons (Fsp3) is 0.100. The Kier molecular flexibility index (Phi) is 3.74. The summed E-state index contributed by atoms with van der Waals surface area (Å²) in [6, 6.07) is 24.3. The molecule has 0 amide bonds. The van der Waals surface area contributed by atoms with Crippen LogP contribution >= 0.6 is 0 Å². The minimum absolute atomic E-state index is 0.347. The molecule has 0 aliphatic heterocycles. The van der Waals surface area contributed by atoms with Gasteiger partial charge in [-0.1, -0.05) is 73.7 Å². The molecule has 0 saturated carbocycles. The Morgan fingerprint density at radius 2 is 1.33 bits per heavy atom. The van der Waals surface area contributed by atoms with E-state index in [9.17, 15) is 5.11 Å². The third-order valence-electron chi connectivity index (χ3n) is 3.73. The first kappa shape index (κ1) is 13.4. The molecule has 0 fully saturated rings. The van der Waals surface area contributed by atoms with Crippen molar-refractivity contribution in [1.29, 1.82) is 0 Å². The van der Waals surface area contributed by atoms with Crippen LogP contribution in [0.5, 0.6) is 5.75 Å². The predicted molar refractivity (Wildman–Crippen MR) is 88.4 cm³/mol. The van der Waals surface area contributed by atoms with Gasteiger partial charge in [0.25, 0.3) is 0 Å². The number of hydrogen-bond acceptors (Lipinski definition) is 1. The fourth-order valence-electron chi connectivity index (χ4n) is 2.64. The van der Waals surface area contributed by atoms with Gasteiger partial charge in [0.05, 0.1) is 0 Å². The molecule has 3 rings (SSSR count). The highest BCUT2D eigenvalue weighted by atomic mass is 16.3. The van der Waals surface area contributed by atoms with Gasteiger partial charge in [0, 0.05) is 5.56 Å². The molecule has 1 heteroatoms. The van der Waals surface area contributed by atoms with Gasteiger partial charge in [-0.15, -0.1) is 0 Å². The second-order valence-corrected chi connectivity index (χ2v) is 5.12. The van der Waals surface area contributed by atoms with Gasteiger partial charge in [0.1, 0.15) is 5.75 Å². The van der Waals surface area contributed by atoms with Gasteiger partial charge in [-0.05, 0) is 34.7 Å². The molecule has 3 aromatic rings. The van der Waals surface area contributed by atoms with Crippen LogP contribution in [-0.2, 0) is 6.42 Å². The molecule has 0 bridgehead atoms. The zero-order valence-electron chi connectivity index (χ0n) is 12.1. The monoisotopic (exact) mass is 274 g/mol. The number of phenolic OH excluding ortho intramolecular Hbond substituents is 1. The molecule has 3 aromatic carbocycles. The van der Waals surface area contributed by atoms with Crippen molar-refractivity contribution in [3.05, 3.63) is 78.4 Å². The molecule has 0 unspecified atom stereocenters. The van der Waals surface area contributed by atoms with Crippen molar-refractivity contribution in [3.63, 3.8) is 0 Å². The van der Waals surface area contributed by atoms with E-state index >= 15 is 0 Å². The highest BCUT2D eigenvalue weighted by Crippen LogP contribution is 2.39. The molecule has 0 aliphatic rings. The molecule has 1 N–H and O–H groups in total. The van der Waals surface area contributed by atoms with Crippen LogP contribution in [0.3, 0.4) is 0 Å². The summed E-state index contributed by atoms with van der Waals surface area (Å²) in [4.78, 5) is 0. The molecule has 0 saturated heterocycles. The van der Waals surface area contributed by atoms with Crippen LogP contribution in [0.15, 0.2) is 72.8 Å². The van der Waals surface area contributed by atoms with Crippen LogP contribution in [0.1, 0.15) is 12.5 Å². The van der Waals surface area contributed by atoms with Gasteiger partial charge in [0.2, 0.25) is 0 Å². The third-order valence-corrected chi connectivity index (χ3v) is 3.73. The lowest BCUT2D eigenvalue weighted by atomic mass is 9.91. The summed E-state index contributed by atoms with van der Waals surface area (Å²) in [6.07, 6.45) is 0.905. The van der Waals surface area contributed by atoms with E-state index in [2.05, 4.69) is 25.1 Å². The topological polar surface area (TPSA) is 20.2 Å². The first-order valence-electron chi connectivity index (χ1n) is 7.26. The van der Waals surface area contributed by atoms with E-state index < -0.39 is 0 Å². The van der Waals surface area contributed by atoms with Crippen LogP contribution in [0.25, 0.3) is 22.3 Å². The number of aryl methyl sites for hydroxylation is 1. The van der Waals surface area contributed by atoms with Gasteiger partial charge in [-0.25, -0.2) is 0 Å². The summed E-state index contributed by atoms with van der Waals surface area (Å²) < 4.78 is 0. The van der Waals surface area contributed by atoms with E-state index in [0.29, 0.717) is 5.75 Å². The Labute approximate surface area is 125 Å². The van der Waals surface area contributed by atoms with Crippen molar-refractivity contribution in [3.8, 4) is 28.0 Å². The van der Waals surface area contributed by atoms with Gasteiger partial charge in [-0.2, -0.15) is 0 Å². The molecule has 0 aromatic heterocycles. The molecule has 0 atom stereocenters. The second-order valence-electron chi connectivity index (χ2n) is 5.12. The van der Waals surface area contributed by atoms with E-state index in [-0.39, 0.29) is 0 Å². The van der Waals surface area contributed by atoms with E-state index in [0.717, 1.165) is 34.2 Å². The lowest BCUT2D eigenvalue weighted by molar-refractivity contribution is 0.477. The summed E-state index contributed by atoms with van der Waals surface area (Å²) in [5.74, 6) is 0.347.